The highest BCUT2D eigenvalue weighted by atomic mass is 16.6. The van der Waals surface area contributed by atoms with E-state index < -0.39 is 6.10 Å². The van der Waals surface area contributed by atoms with Crippen molar-refractivity contribution in [2.75, 3.05) is 13.2 Å². The van der Waals surface area contributed by atoms with Gasteiger partial charge >= 0.3 is 17.9 Å². The standard InChI is InChI=1S/C77H134O6/c1-4-7-10-13-16-19-22-25-28-31-33-34-35-36-37-38-39-40-41-42-43-44-45-47-49-52-55-58-61-64-67-70-76(79)82-73-74(72-81-75(78)69-66-63-60-57-54-51-48-30-27-24-21-18-15-12-9-6-3)83-77(80)71-68-65-62-59-56-53-50-46-32-29-26-23-20-17-14-11-8-5-2/h7,10,16,19,21,24-25,28-30,32-34,36-37,48,74H,4-6,8-9,11-15,17-18,20,22-23,26-27,31,35,38-47,49-73H2,1-3H3/b10-7-,19-16-,24-21-,28-25-,32-29-,34-33-,37-36-,48-30-. The highest BCUT2D eigenvalue weighted by Crippen LogP contribution is 2.17. The van der Waals surface area contributed by atoms with Gasteiger partial charge in [-0.25, -0.2) is 0 Å². The molecule has 0 aliphatic carbocycles. The highest BCUT2D eigenvalue weighted by molar-refractivity contribution is 5.71. The second-order valence-corrected chi connectivity index (χ2v) is 23.8. The second-order valence-electron chi connectivity index (χ2n) is 23.8. The monoisotopic (exact) mass is 1160 g/mol. The Morgan fingerprint density at radius 3 is 0.759 bits per heavy atom. The van der Waals surface area contributed by atoms with Crippen LogP contribution in [0.1, 0.15) is 355 Å². The summed E-state index contributed by atoms with van der Waals surface area (Å²) in [5, 5.41) is 0. The topological polar surface area (TPSA) is 78.9 Å². The summed E-state index contributed by atoms with van der Waals surface area (Å²) < 4.78 is 17.0. The van der Waals surface area contributed by atoms with Crippen molar-refractivity contribution < 1.29 is 28.6 Å². The molecular formula is C77H134O6. The fourth-order valence-corrected chi connectivity index (χ4v) is 10.2. The molecular weight excluding hydrogens is 1020 g/mol. The first kappa shape index (κ1) is 79.3. The van der Waals surface area contributed by atoms with Crippen molar-refractivity contribution in [3.05, 3.63) is 97.2 Å². The molecule has 0 aromatic heterocycles. The van der Waals surface area contributed by atoms with Gasteiger partial charge in [0.05, 0.1) is 0 Å². The third-order valence-electron chi connectivity index (χ3n) is 15.5. The van der Waals surface area contributed by atoms with Crippen LogP contribution in [0.15, 0.2) is 97.2 Å². The zero-order valence-corrected chi connectivity index (χ0v) is 54.9. The number of carbonyl (C=O) groups is 3. The molecule has 1 unspecified atom stereocenters. The van der Waals surface area contributed by atoms with Gasteiger partial charge in [-0.05, 0) is 122 Å². The number of hydrogen-bond acceptors (Lipinski definition) is 6. The van der Waals surface area contributed by atoms with Gasteiger partial charge in [-0.15, -0.1) is 0 Å². The smallest absolute Gasteiger partial charge is 0.306 e. The molecule has 0 aromatic carbocycles. The number of esters is 3. The maximum absolute atomic E-state index is 12.9. The van der Waals surface area contributed by atoms with Gasteiger partial charge < -0.3 is 14.2 Å². The number of allylic oxidation sites excluding steroid dienone is 16. The first-order valence-electron chi connectivity index (χ1n) is 35.7. The molecule has 0 radical (unpaired) electrons. The Morgan fingerprint density at radius 2 is 0.470 bits per heavy atom. The summed E-state index contributed by atoms with van der Waals surface area (Å²) in [6.45, 7) is 6.54. The number of rotatable bonds is 65. The van der Waals surface area contributed by atoms with E-state index in [0.717, 1.165) is 109 Å². The van der Waals surface area contributed by atoms with Crippen molar-refractivity contribution in [3.8, 4) is 0 Å². The van der Waals surface area contributed by atoms with Crippen LogP contribution in [-0.4, -0.2) is 37.2 Å². The van der Waals surface area contributed by atoms with Crippen LogP contribution in [0.2, 0.25) is 0 Å². The number of carbonyl (C=O) groups excluding carboxylic acids is 3. The van der Waals surface area contributed by atoms with Gasteiger partial charge in [-0.1, -0.05) is 311 Å². The zero-order valence-electron chi connectivity index (χ0n) is 54.9. The number of hydrogen-bond donors (Lipinski definition) is 0. The molecule has 6 nitrogen and oxygen atoms in total. The largest absolute Gasteiger partial charge is 0.462 e. The van der Waals surface area contributed by atoms with Crippen LogP contribution in [0.5, 0.6) is 0 Å². The minimum Gasteiger partial charge on any atom is -0.462 e. The van der Waals surface area contributed by atoms with Crippen LogP contribution in [-0.2, 0) is 28.6 Å². The third-order valence-corrected chi connectivity index (χ3v) is 15.5. The first-order chi connectivity index (χ1) is 41.0. The van der Waals surface area contributed by atoms with E-state index >= 15 is 0 Å². The molecule has 0 aromatic rings. The van der Waals surface area contributed by atoms with E-state index in [1.165, 1.54) is 205 Å². The lowest BCUT2D eigenvalue weighted by molar-refractivity contribution is -0.167. The summed E-state index contributed by atoms with van der Waals surface area (Å²) in [6, 6.07) is 0. The number of unbranched alkanes of at least 4 members (excludes halogenated alkanes) is 38. The van der Waals surface area contributed by atoms with Crippen LogP contribution in [0.4, 0.5) is 0 Å². The zero-order chi connectivity index (χ0) is 59.9. The first-order valence-corrected chi connectivity index (χ1v) is 35.7. The van der Waals surface area contributed by atoms with E-state index in [2.05, 4.69) is 118 Å². The molecule has 0 spiro atoms. The maximum atomic E-state index is 12.9. The van der Waals surface area contributed by atoms with Gasteiger partial charge in [-0.2, -0.15) is 0 Å². The van der Waals surface area contributed by atoms with Crippen molar-refractivity contribution in [2.45, 2.75) is 361 Å². The summed E-state index contributed by atoms with van der Waals surface area (Å²) in [5.74, 6) is -0.882. The summed E-state index contributed by atoms with van der Waals surface area (Å²) >= 11 is 0. The molecule has 0 fully saturated rings. The van der Waals surface area contributed by atoms with E-state index in [1.54, 1.807) is 0 Å². The van der Waals surface area contributed by atoms with Gasteiger partial charge in [0.15, 0.2) is 6.10 Å². The lowest BCUT2D eigenvalue weighted by atomic mass is 10.0. The summed E-state index contributed by atoms with van der Waals surface area (Å²) in [4.78, 5) is 38.5. The lowest BCUT2D eigenvalue weighted by Crippen LogP contribution is -2.30. The van der Waals surface area contributed by atoms with Crippen molar-refractivity contribution in [3.63, 3.8) is 0 Å². The van der Waals surface area contributed by atoms with E-state index in [4.69, 9.17) is 14.2 Å². The molecule has 0 rings (SSSR count). The van der Waals surface area contributed by atoms with Gasteiger partial charge in [-0.3, -0.25) is 14.4 Å². The van der Waals surface area contributed by atoms with Crippen LogP contribution >= 0.6 is 0 Å². The summed E-state index contributed by atoms with van der Waals surface area (Å²) in [5.41, 5.74) is 0. The molecule has 0 heterocycles. The fraction of sp³-hybridized carbons (Fsp3) is 0.753. The van der Waals surface area contributed by atoms with E-state index in [-0.39, 0.29) is 31.1 Å². The van der Waals surface area contributed by atoms with Gasteiger partial charge in [0.25, 0.3) is 0 Å². The molecule has 1 atom stereocenters. The van der Waals surface area contributed by atoms with E-state index in [1.807, 2.05) is 0 Å². The Hall–Kier alpha value is -3.67. The highest BCUT2D eigenvalue weighted by Gasteiger charge is 2.19. The number of ether oxygens (including phenoxy) is 3. The van der Waals surface area contributed by atoms with Gasteiger partial charge in [0, 0.05) is 19.3 Å². The quantitative estimate of drug-likeness (QED) is 0.0261. The molecule has 0 amide bonds. The fourth-order valence-electron chi connectivity index (χ4n) is 10.2. The predicted octanol–water partition coefficient (Wildman–Crippen LogP) is 24.8. The van der Waals surface area contributed by atoms with Crippen LogP contribution < -0.4 is 0 Å². The van der Waals surface area contributed by atoms with E-state index in [9.17, 15) is 14.4 Å². The molecule has 0 N–H and O–H groups in total. The molecule has 83 heavy (non-hydrogen) atoms. The van der Waals surface area contributed by atoms with Gasteiger partial charge in [0.1, 0.15) is 13.2 Å². The molecule has 6 heteroatoms. The summed E-state index contributed by atoms with van der Waals surface area (Å²) in [6.07, 6.45) is 95.7. The Morgan fingerprint density at radius 1 is 0.253 bits per heavy atom. The maximum Gasteiger partial charge on any atom is 0.306 e. The van der Waals surface area contributed by atoms with Crippen molar-refractivity contribution >= 4 is 17.9 Å². The molecule has 0 bridgehead atoms. The predicted molar refractivity (Wildman–Crippen MR) is 362 cm³/mol. The minimum absolute atomic E-state index is 0.0810. The van der Waals surface area contributed by atoms with Crippen LogP contribution in [0.25, 0.3) is 0 Å². The van der Waals surface area contributed by atoms with Crippen LogP contribution in [0.3, 0.4) is 0 Å². The average Bonchev–Trinajstić information content (AvgIpc) is 3.49. The second kappa shape index (κ2) is 70.8. The van der Waals surface area contributed by atoms with Gasteiger partial charge in [0.2, 0.25) is 0 Å². The molecule has 0 saturated heterocycles. The average molecular weight is 1160 g/mol. The van der Waals surface area contributed by atoms with E-state index in [0.29, 0.717) is 19.3 Å². The van der Waals surface area contributed by atoms with Crippen LogP contribution in [0, 0.1) is 0 Å². The third kappa shape index (κ3) is 69.0. The Kier molecular flexibility index (Phi) is 67.7. The normalized spacial score (nSPS) is 12.7. The lowest BCUT2D eigenvalue weighted by Gasteiger charge is -2.18. The molecule has 478 valence electrons. The Balaban J connectivity index is 4.27. The Bertz CT molecular complexity index is 1610. The molecule has 0 aliphatic heterocycles. The van der Waals surface area contributed by atoms with Crippen molar-refractivity contribution in [2.24, 2.45) is 0 Å². The minimum atomic E-state index is -0.787. The Labute approximate surface area is 515 Å². The SMILES string of the molecule is CC/C=C\C/C=C\C/C=C\C/C=C\C/C=C\CCCCCCCCCCCCCCCCCC(=O)OCC(COC(=O)CCCCCCC/C=C\C/C=C\CCCCCC)OC(=O)CCCCCCCCC/C=C\CCCCCCCCC. The van der Waals surface area contributed by atoms with Crippen molar-refractivity contribution in [1.82, 2.24) is 0 Å². The summed E-state index contributed by atoms with van der Waals surface area (Å²) in [7, 11) is 0. The molecule has 0 saturated carbocycles. The molecule has 0 aliphatic rings. The van der Waals surface area contributed by atoms with Crippen molar-refractivity contribution in [1.29, 1.82) is 0 Å².